The Bertz CT molecular complexity index is 1010. The van der Waals surface area contributed by atoms with Gasteiger partial charge >= 0.3 is 5.69 Å². The van der Waals surface area contributed by atoms with Gasteiger partial charge in [0.05, 0.1) is 5.69 Å². The van der Waals surface area contributed by atoms with Crippen LogP contribution in [-0.4, -0.2) is 19.1 Å². The Morgan fingerprint density at radius 3 is 2.43 bits per heavy atom. The van der Waals surface area contributed by atoms with Gasteiger partial charge in [-0.3, -0.25) is 14.2 Å². The summed E-state index contributed by atoms with van der Waals surface area (Å²) >= 11 is 0. The first-order chi connectivity index (χ1) is 10.0. The Balaban J connectivity index is 2.61. The lowest BCUT2D eigenvalue weighted by Gasteiger charge is -2.11. The molecule has 2 heterocycles. The van der Waals surface area contributed by atoms with Crippen molar-refractivity contribution in [1.29, 1.82) is 0 Å². The number of para-hydroxylation sites is 1. The first kappa shape index (κ1) is 13.0. The normalized spacial score (nSPS) is 11.0. The fourth-order valence-corrected chi connectivity index (χ4v) is 2.15. The van der Waals surface area contributed by atoms with E-state index in [1.807, 2.05) is 6.07 Å². The topological polar surface area (TPSA) is 89.8 Å². The zero-order valence-corrected chi connectivity index (χ0v) is 11.5. The highest BCUT2D eigenvalue weighted by molar-refractivity contribution is 5.70. The summed E-state index contributed by atoms with van der Waals surface area (Å²) in [7, 11) is 1.38. The Morgan fingerprint density at radius 1 is 1.10 bits per heavy atom. The molecular formula is C14H12N4O3. The summed E-state index contributed by atoms with van der Waals surface area (Å²) in [6.07, 6.45) is 0. The minimum Gasteiger partial charge on any atom is -0.305 e. The molecule has 7 nitrogen and oxygen atoms in total. The molecule has 0 unspecified atom stereocenters. The number of nitrogens with zero attached hydrogens (tertiary/aromatic N) is 3. The molecule has 7 heteroatoms. The summed E-state index contributed by atoms with van der Waals surface area (Å²) in [5.41, 5.74) is -0.633. The number of H-pyrrole nitrogens is 1. The highest BCUT2D eigenvalue weighted by Crippen LogP contribution is 2.09. The van der Waals surface area contributed by atoms with E-state index in [2.05, 4.69) is 9.97 Å². The maximum atomic E-state index is 12.4. The standard InChI is InChI=1S/C14H12N4O3/c1-8-12(19)16-11-10(15-8)13(20)17(2)14(21)18(11)9-6-4-3-5-7-9/h3-7H,1-2H3,(H,16,19). The summed E-state index contributed by atoms with van der Waals surface area (Å²) in [4.78, 5) is 42.9. The molecule has 0 radical (unpaired) electrons. The van der Waals surface area contributed by atoms with Crippen LogP contribution in [0.15, 0.2) is 44.7 Å². The number of aryl methyl sites for hydroxylation is 1. The van der Waals surface area contributed by atoms with Gasteiger partial charge in [-0.25, -0.2) is 14.3 Å². The summed E-state index contributed by atoms with van der Waals surface area (Å²) in [5.74, 6) is 0. The van der Waals surface area contributed by atoms with Gasteiger partial charge in [0.25, 0.3) is 11.1 Å². The number of rotatable bonds is 1. The predicted octanol–water partition coefficient (Wildman–Crippen LogP) is 0.0811. The zero-order chi connectivity index (χ0) is 15.1. The molecule has 106 valence electrons. The van der Waals surface area contributed by atoms with Crippen LogP contribution in [-0.2, 0) is 7.05 Å². The molecule has 3 aromatic rings. The van der Waals surface area contributed by atoms with Crippen LogP contribution < -0.4 is 16.8 Å². The van der Waals surface area contributed by atoms with Crippen LogP contribution in [0.4, 0.5) is 0 Å². The monoisotopic (exact) mass is 284 g/mol. The van der Waals surface area contributed by atoms with Crippen LogP contribution in [0.1, 0.15) is 5.69 Å². The Labute approximate surface area is 118 Å². The lowest BCUT2D eigenvalue weighted by molar-refractivity contribution is 0.741. The Hall–Kier alpha value is -2.96. The number of aromatic amines is 1. The second-order valence-corrected chi connectivity index (χ2v) is 4.67. The van der Waals surface area contributed by atoms with Crippen molar-refractivity contribution in [3.63, 3.8) is 0 Å². The molecule has 0 amide bonds. The van der Waals surface area contributed by atoms with E-state index in [0.717, 1.165) is 4.57 Å². The molecule has 21 heavy (non-hydrogen) atoms. The van der Waals surface area contributed by atoms with E-state index in [0.29, 0.717) is 5.69 Å². The van der Waals surface area contributed by atoms with Gasteiger partial charge in [0.1, 0.15) is 5.69 Å². The van der Waals surface area contributed by atoms with Crippen LogP contribution in [0.25, 0.3) is 16.9 Å². The lowest BCUT2D eigenvalue weighted by Crippen LogP contribution is -2.39. The second kappa shape index (κ2) is 4.55. The molecule has 1 N–H and O–H groups in total. The van der Waals surface area contributed by atoms with Crippen molar-refractivity contribution >= 4 is 11.2 Å². The van der Waals surface area contributed by atoms with Crippen molar-refractivity contribution < 1.29 is 0 Å². The summed E-state index contributed by atoms with van der Waals surface area (Å²) in [5, 5.41) is 0. The highest BCUT2D eigenvalue weighted by Gasteiger charge is 2.15. The third-order valence-electron chi connectivity index (χ3n) is 3.29. The minimum atomic E-state index is -0.542. The van der Waals surface area contributed by atoms with Crippen LogP contribution in [0.3, 0.4) is 0 Å². The molecule has 0 atom stereocenters. The molecule has 0 fully saturated rings. The first-order valence-electron chi connectivity index (χ1n) is 6.29. The Kier molecular flexibility index (Phi) is 2.83. The highest BCUT2D eigenvalue weighted by atomic mass is 16.2. The van der Waals surface area contributed by atoms with E-state index in [1.165, 1.54) is 18.5 Å². The molecule has 0 aliphatic rings. The zero-order valence-electron chi connectivity index (χ0n) is 11.5. The summed E-state index contributed by atoms with van der Waals surface area (Å²) in [6, 6.07) is 8.76. The van der Waals surface area contributed by atoms with Gasteiger partial charge in [-0.1, -0.05) is 18.2 Å². The Morgan fingerprint density at radius 2 is 1.76 bits per heavy atom. The average Bonchev–Trinajstić information content (AvgIpc) is 2.49. The number of fused-ring (bicyclic) bond motifs is 1. The summed E-state index contributed by atoms with van der Waals surface area (Å²) < 4.78 is 2.24. The van der Waals surface area contributed by atoms with E-state index in [9.17, 15) is 14.4 Å². The maximum absolute atomic E-state index is 12.4. The number of aromatic nitrogens is 4. The average molecular weight is 284 g/mol. The van der Waals surface area contributed by atoms with E-state index >= 15 is 0 Å². The van der Waals surface area contributed by atoms with Crippen molar-refractivity contribution in [2.75, 3.05) is 0 Å². The third kappa shape index (κ3) is 1.90. The van der Waals surface area contributed by atoms with Crippen LogP contribution in [0, 0.1) is 6.92 Å². The fraction of sp³-hybridized carbons (Fsp3) is 0.143. The van der Waals surface area contributed by atoms with Gasteiger partial charge in [0.2, 0.25) is 0 Å². The van der Waals surface area contributed by atoms with Gasteiger partial charge in [0, 0.05) is 7.05 Å². The fourth-order valence-electron chi connectivity index (χ4n) is 2.15. The van der Waals surface area contributed by atoms with Crippen LogP contribution in [0.5, 0.6) is 0 Å². The van der Waals surface area contributed by atoms with Gasteiger partial charge in [-0.15, -0.1) is 0 Å². The maximum Gasteiger partial charge on any atom is 0.337 e. The molecule has 3 rings (SSSR count). The molecule has 2 aromatic heterocycles. The minimum absolute atomic E-state index is 0.0538. The predicted molar refractivity (Wildman–Crippen MR) is 77.9 cm³/mol. The van der Waals surface area contributed by atoms with E-state index in [4.69, 9.17) is 0 Å². The molecule has 0 aliphatic carbocycles. The smallest absolute Gasteiger partial charge is 0.305 e. The third-order valence-corrected chi connectivity index (χ3v) is 3.29. The van der Waals surface area contributed by atoms with E-state index in [1.54, 1.807) is 24.3 Å². The van der Waals surface area contributed by atoms with Crippen LogP contribution in [0.2, 0.25) is 0 Å². The van der Waals surface area contributed by atoms with Crippen molar-refractivity contribution in [2.45, 2.75) is 6.92 Å². The van der Waals surface area contributed by atoms with Gasteiger partial charge in [-0.2, -0.15) is 0 Å². The molecule has 0 saturated heterocycles. The van der Waals surface area contributed by atoms with Crippen molar-refractivity contribution in [2.24, 2.45) is 7.05 Å². The van der Waals surface area contributed by atoms with Gasteiger partial charge in [0.15, 0.2) is 11.2 Å². The van der Waals surface area contributed by atoms with Crippen molar-refractivity contribution in [1.82, 2.24) is 19.1 Å². The lowest BCUT2D eigenvalue weighted by atomic mass is 10.3. The largest absolute Gasteiger partial charge is 0.337 e. The van der Waals surface area contributed by atoms with Crippen LogP contribution >= 0.6 is 0 Å². The number of nitrogens with one attached hydrogen (secondary N) is 1. The molecule has 0 aliphatic heterocycles. The SMILES string of the molecule is Cc1nc2c(=O)n(C)c(=O)n(-c3ccccc3)c2[nH]c1=O. The number of hydrogen-bond donors (Lipinski definition) is 1. The summed E-state index contributed by atoms with van der Waals surface area (Å²) in [6.45, 7) is 1.51. The number of benzene rings is 1. The van der Waals surface area contributed by atoms with Gasteiger partial charge in [-0.05, 0) is 19.1 Å². The quantitative estimate of drug-likeness (QED) is 0.685. The van der Waals surface area contributed by atoms with E-state index < -0.39 is 16.8 Å². The molecule has 0 bridgehead atoms. The van der Waals surface area contributed by atoms with Crippen molar-refractivity contribution in [3.8, 4) is 5.69 Å². The first-order valence-corrected chi connectivity index (χ1v) is 6.29. The molecule has 0 spiro atoms. The molecule has 1 aromatic carbocycles. The van der Waals surface area contributed by atoms with Crippen molar-refractivity contribution in [3.05, 3.63) is 67.2 Å². The molecule has 0 saturated carbocycles. The second-order valence-electron chi connectivity index (χ2n) is 4.67. The molecular weight excluding hydrogens is 272 g/mol. The van der Waals surface area contributed by atoms with Gasteiger partial charge < -0.3 is 4.98 Å². The number of hydrogen-bond acceptors (Lipinski definition) is 4. The van der Waals surface area contributed by atoms with E-state index in [-0.39, 0.29) is 16.9 Å².